The highest BCUT2D eigenvalue weighted by atomic mass is 19.4. The molecule has 2 aromatic heterocycles. The molecule has 0 unspecified atom stereocenters. The summed E-state index contributed by atoms with van der Waals surface area (Å²) in [6, 6.07) is 20.5. The summed E-state index contributed by atoms with van der Waals surface area (Å²) in [4.78, 5) is 16.5. The van der Waals surface area contributed by atoms with E-state index in [0.717, 1.165) is 33.7 Å². The molecule has 5 aromatic rings. The van der Waals surface area contributed by atoms with Gasteiger partial charge in [0.05, 0.1) is 17.8 Å². The Morgan fingerprint density at radius 1 is 0.949 bits per heavy atom. The van der Waals surface area contributed by atoms with Crippen molar-refractivity contribution < 1.29 is 17.9 Å². The van der Waals surface area contributed by atoms with Gasteiger partial charge in [-0.15, -0.1) is 0 Å². The Morgan fingerprint density at radius 2 is 1.74 bits per heavy atom. The molecular weight excluding hydrogens is 503 g/mol. The summed E-state index contributed by atoms with van der Waals surface area (Å²) in [7, 11) is 0. The Morgan fingerprint density at radius 3 is 2.44 bits per heavy atom. The molecule has 0 atom stereocenters. The van der Waals surface area contributed by atoms with Crippen LogP contribution in [-0.2, 0) is 12.7 Å². The van der Waals surface area contributed by atoms with E-state index in [1.54, 1.807) is 25.1 Å². The number of aryl methyl sites for hydroxylation is 3. The summed E-state index contributed by atoms with van der Waals surface area (Å²) in [6.07, 6.45) is -3.04. The molecule has 2 heterocycles. The van der Waals surface area contributed by atoms with Crippen LogP contribution in [0.5, 0.6) is 11.5 Å². The minimum Gasteiger partial charge on any atom is -0.457 e. The predicted octanol–water partition coefficient (Wildman–Crippen LogP) is 7.65. The van der Waals surface area contributed by atoms with Gasteiger partial charge in [-0.1, -0.05) is 23.8 Å². The van der Waals surface area contributed by atoms with Gasteiger partial charge in [0.15, 0.2) is 0 Å². The smallest absolute Gasteiger partial charge is 0.417 e. The number of ether oxygens (including phenoxy) is 1. The number of pyridine rings is 1. The minimum absolute atomic E-state index is 0.0150. The van der Waals surface area contributed by atoms with Gasteiger partial charge < -0.3 is 14.3 Å². The van der Waals surface area contributed by atoms with E-state index in [0.29, 0.717) is 22.6 Å². The fraction of sp³-hybridized carbons (Fsp3) is 0.161. The van der Waals surface area contributed by atoms with Gasteiger partial charge in [-0.05, 0) is 91.6 Å². The van der Waals surface area contributed by atoms with Crippen molar-refractivity contribution in [2.75, 3.05) is 0 Å². The standard InChI is InChI=1S/C31H24F3N3O2/c1-18-4-5-23(19(2)12-18)17-37-28(15-26(31(32,33)34)25(16-35)30(37)38)22-6-9-29(20(3)13-22)39-24-7-8-27-21(14-24)10-11-36-27/h4-15,36H,17H2,1-3H3. The Balaban J connectivity index is 1.62. The number of rotatable bonds is 5. The van der Waals surface area contributed by atoms with Gasteiger partial charge in [-0.2, -0.15) is 18.4 Å². The number of aromatic amines is 1. The van der Waals surface area contributed by atoms with Crippen LogP contribution in [0.25, 0.3) is 22.2 Å². The third-order valence-electron chi connectivity index (χ3n) is 6.77. The lowest BCUT2D eigenvalue weighted by atomic mass is 10.0. The van der Waals surface area contributed by atoms with Gasteiger partial charge in [0.1, 0.15) is 23.1 Å². The average molecular weight is 528 g/mol. The number of fused-ring (bicyclic) bond motifs is 1. The Kier molecular flexibility index (Phi) is 6.52. The van der Waals surface area contributed by atoms with E-state index in [1.165, 1.54) is 10.6 Å². The van der Waals surface area contributed by atoms with Crippen molar-refractivity contribution in [3.05, 3.63) is 117 Å². The third kappa shape index (κ3) is 5.04. The normalized spacial score (nSPS) is 11.5. The van der Waals surface area contributed by atoms with Crippen LogP contribution in [0.1, 0.15) is 33.4 Å². The highest BCUT2D eigenvalue weighted by molar-refractivity contribution is 5.80. The fourth-order valence-electron chi connectivity index (χ4n) is 4.71. The van der Waals surface area contributed by atoms with Crippen LogP contribution in [-0.4, -0.2) is 9.55 Å². The Hall–Kier alpha value is -4.77. The number of nitrogens with one attached hydrogen (secondary N) is 1. The van der Waals surface area contributed by atoms with E-state index in [1.807, 2.05) is 62.5 Å². The molecule has 0 radical (unpaired) electrons. The number of aromatic nitrogens is 2. The minimum atomic E-state index is -4.87. The van der Waals surface area contributed by atoms with Crippen LogP contribution in [0.4, 0.5) is 13.2 Å². The van der Waals surface area contributed by atoms with E-state index in [2.05, 4.69) is 4.98 Å². The lowest BCUT2D eigenvalue weighted by Crippen LogP contribution is -2.29. The van der Waals surface area contributed by atoms with E-state index in [4.69, 9.17) is 4.74 Å². The lowest BCUT2D eigenvalue weighted by molar-refractivity contribution is -0.137. The second-order valence-corrected chi connectivity index (χ2v) is 9.56. The second kappa shape index (κ2) is 9.84. The summed E-state index contributed by atoms with van der Waals surface area (Å²) in [5.41, 5.74) is 1.63. The molecule has 0 spiro atoms. The van der Waals surface area contributed by atoms with Crippen LogP contribution < -0.4 is 10.3 Å². The van der Waals surface area contributed by atoms with Gasteiger partial charge in [0.2, 0.25) is 0 Å². The summed E-state index contributed by atoms with van der Waals surface area (Å²) >= 11 is 0. The molecule has 0 bridgehead atoms. The predicted molar refractivity (Wildman–Crippen MR) is 144 cm³/mol. The number of nitrogens with zero attached hydrogens (tertiary/aromatic N) is 2. The molecule has 5 nitrogen and oxygen atoms in total. The van der Waals surface area contributed by atoms with Gasteiger partial charge in [0, 0.05) is 17.1 Å². The van der Waals surface area contributed by atoms with Crippen molar-refractivity contribution in [1.82, 2.24) is 9.55 Å². The third-order valence-corrected chi connectivity index (χ3v) is 6.77. The lowest BCUT2D eigenvalue weighted by Gasteiger charge is -2.19. The molecular formula is C31H24F3N3O2. The molecule has 0 amide bonds. The zero-order chi connectivity index (χ0) is 27.9. The molecule has 0 aliphatic carbocycles. The van der Waals surface area contributed by atoms with Gasteiger partial charge in [0.25, 0.3) is 5.56 Å². The molecule has 0 saturated carbocycles. The maximum atomic E-state index is 13.9. The first kappa shape index (κ1) is 25.9. The maximum absolute atomic E-state index is 13.9. The zero-order valence-corrected chi connectivity index (χ0v) is 21.5. The topological polar surface area (TPSA) is 70.8 Å². The van der Waals surface area contributed by atoms with Crippen molar-refractivity contribution >= 4 is 10.9 Å². The number of hydrogen-bond acceptors (Lipinski definition) is 3. The summed E-state index contributed by atoms with van der Waals surface area (Å²) in [5, 5.41) is 10.5. The monoisotopic (exact) mass is 527 g/mol. The number of benzene rings is 3. The molecule has 8 heteroatoms. The number of halogens is 3. The molecule has 0 saturated heterocycles. The van der Waals surface area contributed by atoms with E-state index >= 15 is 0 Å². The number of H-pyrrole nitrogens is 1. The van der Waals surface area contributed by atoms with Crippen molar-refractivity contribution in [2.45, 2.75) is 33.5 Å². The van der Waals surface area contributed by atoms with E-state index in [9.17, 15) is 23.2 Å². The van der Waals surface area contributed by atoms with Gasteiger partial charge in [-0.25, -0.2) is 0 Å². The van der Waals surface area contributed by atoms with Crippen molar-refractivity contribution in [3.8, 4) is 28.8 Å². The summed E-state index contributed by atoms with van der Waals surface area (Å²) < 4.78 is 49.1. The summed E-state index contributed by atoms with van der Waals surface area (Å²) in [5.74, 6) is 1.14. The van der Waals surface area contributed by atoms with E-state index in [-0.39, 0.29) is 12.2 Å². The molecule has 0 aliphatic heterocycles. The highest BCUT2D eigenvalue weighted by Crippen LogP contribution is 2.36. The van der Waals surface area contributed by atoms with Crippen LogP contribution in [0, 0.1) is 32.1 Å². The first-order valence-corrected chi connectivity index (χ1v) is 12.2. The summed E-state index contributed by atoms with van der Waals surface area (Å²) in [6.45, 7) is 5.61. The Bertz CT molecular complexity index is 1820. The highest BCUT2D eigenvalue weighted by Gasteiger charge is 2.36. The quantitative estimate of drug-likeness (QED) is 0.255. The van der Waals surface area contributed by atoms with Crippen LogP contribution in [0.2, 0.25) is 0 Å². The molecule has 39 heavy (non-hydrogen) atoms. The van der Waals surface area contributed by atoms with E-state index < -0.39 is 22.9 Å². The largest absolute Gasteiger partial charge is 0.457 e. The Labute approximate surface area is 222 Å². The molecule has 1 N–H and O–H groups in total. The SMILES string of the molecule is Cc1ccc(Cn2c(-c3ccc(Oc4ccc5[nH]ccc5c4)c(C)c3)cc(C(F)(F)F)c(C#N)c2=O)c(C)c1. The molecule has 196 valence electrons. The zero-order valence-electron chi connectivity index (χ0n) is 21.5. The van der Waals surface area contributed by atoms with Crippen LogP contribution in [0.15, 0.2) is 77.7 Å². The van der Waals surface area contributed by atoms with Gasteiger partial charge in [-0.3, -0.25) is 4.79 Å². The first-order valence-electron chi connectivity index (χ1n) is 12.2. The van der Waals surface area contributed by atoms with Crippen molar-refractivity contribution in [3.63, 3.8) is 0 Å². The number of alkyl halides is 3. The van der Waals surface area contributed by atoms with Crippen LogP contribution in [0.3, 0.4) is 0 Å². The second-order valence-electron chi connectivity index (χ2n) is 9.56. The van der Waals surface area contributed by atoms with Crippen molar-refractivity contribution in [1.29, 1.82) is 5.26 Å². The molecule has 5 rings (SSSR count). The first-order chi connectivity index (χ1) is 18.5. The fourth-order valence-corrected chi connectivity index (χ4v) is 4.71. The number of hydrogen-bond donors (Lipinski definition) is 1. The van der Waals surface area contributed by atoms with Crippen LogP contribution >= 0.6 is 0 Å². The van der Waals surface area contributed by atoms with Gasteiger partial charge >= 0.3 is 6.18 Å². The molecule has 3 aromatic carbocycles. The number of nitriles is 1. The molecule has 0 aliphatic rings. The average Bonchev–Trinajstić information content (AvgIpc) is 3.35. The maximum Gasteiger partial charge on any atom is 0.417 e. The van der Waals surface area contributed by atoms with Crippen molar-refractivity contribution in [2.24, 2.45) is 0 Å². The molecule has 0 fully saturated rings.